The predicted octanol–water partition coefficient (Wildman–Crippen LogP) is 1.03. The minimum absolute atomic E-state index is 0. The maximum Gasteiger partial charge on any atom is -0.870 e. The minimum atomic E-state index is -0.138. The first-order valence-electron chi connectivity index (χ1n) is 5.36. The molecule has 98 valence electrons. The van der Waals surface area contributed by atoms with Crippen molar-refractivity contribution in [3.05, 3.63) is 47.8 Å². The Bertz CT molecular complexity index is 567. The average Bonchev–Trinajstić information content (AvgIpc) is 2.61. The Balaban J connectivity index is 0.00000162. The summed E-state index contributed by atoms with van der Waals surface area (Å²) in [6.07, 6.45) is 3.70. The first-order valence-corrected chi connectivity index (χ1v) is 5.36. The van der Waals surface area contributed by atoms with E-state index in [2.05, 4.69) is 5.32 Å². The van der Waals surface area contributed by atoms with Gasteiger partial charge in [0.15, 0.2) is 0 Å². The van der Waals surface area contributed by atoms with Gasteiger partial charge in [-0.25, -0.2) is 0 Å². The molecule has 0 aliphatic rings. The molecule has 2 rings (SSSR count). The quantitative estimate of drug-likeness (QED) is 0.815. The van der Waals surface area contributed by atoms with Gasteiger partial charge in [-0.15, -0.1) is 0 Å². The first kappa shape index (κ1) is 17.0. The van der Waals surface area contributed by atoms with Crippen molar-refractivity contribution in [2.24, 2.45) is 7.05 Å². The Morgan fingerprint density at radius 2 is 1.84 bits per heavy atom. The fraction of sp³-hybridized carbons (Fsp3) is 0.154. The summed E-state index contributed by atoms with van der Waals surface area (Å²) < 4.78 is 1.86. The van der Waals surface area contributed by atoms with Crippen LogP contribution in [0.15, 0.2) is 36.7 Å². The number of carbonyl (C=O) groups excluding carboxylic acids is 1. The molecule has 3 N–H and O–H groups in total. The first-order chi connectivity index (χ1) is 8.08. The number of para-hydroxylation sites is 1. The Morgan fingerprint density at radius 1 is 1.21 bits per heavy atom. The van der Waals surface area contributed by atoms with Gasteiger partial charge in [0.25, 0.3) is 0 Å². The molecule has 1 heterocycles. The van der Waals surface area contributed by atoms with Crippen LogP contribution in [0.5, 0.6) is 0 Å². The van der Waals surface area contributed by atoms with E-state index in [0.717, 1.165) is 5.56 Å². The van der Waals surface area contributed by atoms with Crippen LogP contribution in [0, 0.1) is 6.92 Å². The van der Waals surface area contributed by atoms with Crippen LogP contribution in [-0.2, 0) is 7.05 Å². The molecule has 5 nitrogen and oxygen atoms in total. The van der Waals surface area contributed by atoms with Crippen molar-refractivity contribution >= 4 is 24.9 Å². The van der Waals surface area contributed by atoms with Gasteiger partial charge in [0.2, 0.25) is 0 Å². The maximum atomic E-state index is 12.0. The van der Waals surface area contributed by atoms with Gasteiger partial charge in [-0.1, -0.05) is 0 Å². The molecule has 0 aliphatic carbocycles. The van der Waals surface area contributed by atoms with Crippen LogP contribution < -0.4 is 10.8 Å². The van der Waals surface area contributed by atoms with E-state index in [0.29, 0.717) is 16.7 Å². The molecular weight excluding hydrogens is 243 g/mol. The summed E-state index contributed by atoms with van der Waals surface area (Å²) in [5.41, 5.74) is 2.81. The average molecular weight is 258 g/mol. The van der Waals surface area contributed by atoms with Gasteiger partial charge in [0.1, 0.15) is 0 Å². The summed E-state index contributed by atoms with van der Waals surface area (Å²) in [6.45, 7) is 1.91. The summed E-state index contributed by atoms with van der Waals surface area (Å²) >= 11 is 0. The fourth-order valence-electron chi connectivity index (χ4n) is 1.76. The summed E-state index contributed by atoms with van der Waals surface area (Å²) in [4.78, 5) is 12.0. The van der Waals surface area contributed by atoms with Gasteiger partial charge < -0.3 is 11.0 Å². The van der Waals surface area contributed by atoms with Crippen LogP contribution in [0.3, 0.4) is 0 Å². The largest absolute Gasteiger partial charge is 0.870 e. The predicted molar refractivity (Wildman–Crippen MR) is 73.8 cm³/mol. The molecule has 0 fully saturated rings. The summed E-state index contributed by atoms with van der Waals surface area (Å²) in [6, 6.07) is 7.21. The van der Waals surface area contributed by atoms with Gasteiger partial charge in [0.05, 0.1) is 0 Å². The molecule has 0 aliphatic heterocycles. The smallest absolute Gasteiger partial charge is 0.870 e. The van der Waals surface area contributed by atoms with Crippen molar-refractivity contribution in [1.29, 1.82) is 0 Å². The van der Waals surface area contributed by atoms with E-state index in [-0.39, 0.29) is 16.9 Å². The molecule has 0 bridgehead atoms. The number of hydrogen-bond donors (Lipinski definition) is 1. The number of hydrogen-bond acceptors (Lipinski definition) is 3. The number of anilines is 1. The molecule has 1 aromatic heterocycles. The number of aryl methyl sites for hydroxylation is 2. The van der Waals surface area contributed by atoms with Gasteiger partial charge in [-0.2, -0.15) is 0 Å². The molecule has 0 spiro atoms. The molecule has 0 radical (unpaired) electrons. The maximum absolute atomic E-state index is 12.0. The number of rotatable bonds is 2. The summed E-state index contributed by atoms with van der Waals surface area (Å²) in [5, 5.41) is 2.80. The molecule has 1 aromatic carbocycles. The Morgan fingerprint density at radius 3 is 2.37 bits per heavy atom. The van der Waals surface area contributed by atoms with Crippen molar-refractivity contribution in [2.45, 2.75) is 6.92 Å². The third-order valence-corrected chi connectivity index (χ3v) is 2.61. The molecule has 0 unspecified atom stereocenters. The molecular formula is C13H15BN2O3. The summed E-state index contributed by atoms with van der Waals surface area (Å²) in [5.74, 6) is -0.138. The van der Waals surface area contributed by atoms with Gasteiger partial charge in [-0.05, 0) is 0 Å². The third-order valence-electron chi connectivity index (χ3n) is 2.61. The van der Waals surface area contributed by atoms with E-state index in [1.165, 1.54) is 0 Å². The molecule has 0 saturated heterocycles. The standard InChI is InChI=1S/C13H13BN2O.2H2O/c1-9-7-16(2)8-10(9)13(17)15-12-6-4-3-5-11(12)14;;/h3-8H,1-2H3,(H,15,17);2*1H2/q+2;;/p-2. The molecule has 6 heteroatoms. The minimum Gasteiger partial charge on any atom is -0.870 e. The van der Waals surface area contributed by atoms with E-state index < -0.39 is 0 Å². The second-order valence-electron chi connectivity index (χ2n) is 4.06. The zero-order chi connectivity index (χ0) is 12.4. The number of nitrogens with zero attached hydrogens (tertiary/aromatic N) is 1. The second kappa shape index (κ2) is 6.77. The van der Waals surface area contributed by atoms with Crippen molar-refractivity contribution in [1.82, 2.24) is 4.57 Å². The van der Waals surface area contributed by atoms with E-state index in [4.69, 9.17) is 7.85 Å². The molecule has 2 aromatic rings. The normalized spacial score (nSPS) is 9.26. The van der Waals surface area contributed by atoms with E-state index in [9.17, 15) is 4.79 Å². The number of benzene rings is 1. The van der Waals surface area contributed by atoms with E-state index in [1.807, 2.05) is 36.9 Å². The summed E-state index contributed by atoms with van der Waals surface area (Å²) in [7, 11) is 7.66. The molecule has 1 amide bonds. The molecule has 19 heavy (non-hydrogen) atoms. The van der Waals surface area contributed by atoms with Crippen LogP contribution in [0.25, 0.3) is 0 Å². The Kier molecular flexibility index (Phi) is 6.04. The number of amides is 1. The monoisotopic (exact) mass is 258 g/mol. The SMILES string of the molecule is [B+2]c1ccccc1NC(=O)c1cn(C)cc1C.[OH-].[OH-]. The Labute approximate surface area is 113 Å². The number of aromatic nitrogens is 1. The fourth-order valence-corrected chi connectivity index (χ4v) is 1.76. The topological polar surface area (TPSA) is 94.0 Å². The van der Waals surface area contributed by atoms with Crippen LogP contribution >= 0.6 is 0 Å². The van der Waals surface area contributed by atoms with Crippen LogP contribution in [0.4, 0.5) is 5.69 Å². The van der Waals surface area contributed by atoms with E-state index >= 15 is 0 Å². The van der Waals surface area contributed by atoms with Gasteiger partial charge >= 0.3 is 101 Å². The third kappa shape index (κ3) is 3.71. The van der Waals surface area contributed by atoms with E-state index in [1.54, 1.807) is 18.3 Å². The number of nitrogens with one attached hydrogen (secondary N) is 1. The Hall–Kier alpha value is -2.05. The van der Waals surface area contributed by atoms with Crippen LogP contribution in [-0.4, -0.2) is 29.3 Å². The second-order valence-corrected chi connectivity index (χ2v) is 4.06. The zero-order valence-electron chi connectivity index (χ0n) is 10.8. The van der Waals surface area contributed by atoms with Gasteiger partial charge in [0, 0.05) is 0 Å². The van der Waals surface area contributed by atoms with Crippen molar-refractivity contribution in [3.63, 3.8) is 0 Å². The number of carbonyl (C=O) groups is 1. The van der Waals surface area contributed by atoms with Crippen molar-refractivity contribution in [3.8, 4) is 0 Å². The molecule has 0 saturated carbocycles. The van der Waals surface area contributed by atoms with Gasteiger partial charge in [-0.3, -0.25) is 0 Å². The molecule has 0 atom stereocenters. The zero-order valence-corrected chi connectivity index (χ0v) is 10.8. The van der Waals surface area contributed by atoms with Crippen LogP contribution in [0.2, 0.25) is 0 Å². The van der Waals surface area contributed by atoms with Crippen LogP contribution in [0.1, 0.15) is 15.9 Å². The van der Waals surface area contributed by atoms with Crippen molar-refractivity contribution < 1.29 is 15.7 Å². The van der Waals surface area contributed by atoms with Crippen molar-refractivity contribution in [2.75, 3.05) is 5.32 Å².